The summed E-state index contributed by atoms with van der Waals surface area (Å²) in [6.45, 7) is 0. The van der Waals surface area contributed by atoms with Gasteiger partial charge >= 0.3 is 5.97 Å². The highest BCUT2D eigenvalue weighted by molar-refractivity contribution is 5.87. The van der Waals surface area contributed by atoms with Crippen LogP contribution in [0, 0.1) is 5.82 Å². The van der Waals surface area contributed by atoms with Crippen LogP contribution in [0.1, 0.15) is 14.5 Å². The van der Waals surface area contributed by atoms with E-state index in [-0.39, 0.29) is 0 Å². The number of hydrogen-bond donors (Lipinski definition) is 1. The quantitative estimate of drug-likeness (QED) is 0.647. The molecule has 0 unspecified atom stereocenters. The van der Waals surface area contributed by atoms with E-state index in [0.29, 0.717) is 0 Å². The van der Waals surface area contributed by atoms with Gasteiger partial charge in [-0.15, -0.1) is 0 Å². The van der Waals surface area contributed by atoms with Gasteiger partial charge in [-0.1, -0.05) is 12.1 Å². The Labute approximate surface area is 61.1 Å². The van der Waals surface area contributed by atoms with Crippen LogP contribution in [0.25, 0.3) is 0 Å². The summed E-state index contributed by atoms with van der Waals surface area (Å²) in [4.78, 5) is 10.4. The van der Waals surface area contributed by atoms with Gasteiger partial charge in [-0.25, -0.2) is 9.18 Å². The standard InChI is InChI=1S/C7H5FO2/c8-6-4-2-1-3-5(6)7(9)10/h1-4H,(H,9,10)/i1D,2D,4D. The normalized spacial score (nSPS) is 13.5. The van der Waals surface area contributed by atoms with Gasteiger partial charge in [0.1, 0.15) is 5.82 Å². The molecule has 0 fully saturated rings. The summed E-state index contributed by atoms with van der Waals surface area (Å²) in [5.41, 5.74) is -0.744. The van der Waals surface area contributed by atoms with E-state index in [1.807, 2.05) is 0 Å². The largest absolute Gasteiger partial charge is 0.478 e. The Morgan fingerprint density at radius 1 is 1.70 bits per heavy atom. The first-order valence-corrected chi connectivity index (χ1v) is 2.44. The summed E-state index contributed by atoms with van der Waals surface area (Å²) in [5.74, 6) is -2.81. The summed E-state index contributed by atoms with van der Waals surface area (Å²) in [6, 6.07) is -1.21. The summed E-state index contributed by atoms with van der Waals surface area (Å²) >= 11 is 0. The van der Waals surface area contributed by atoms with Gasteiger partial charge in [-0.3, -0.25) is 0 Å². The molecule has 0 bridgehead atoms. The third-order valence-corrected chi connectivity index (χ3v) is 0.928. The molecular weight excluding hydrogens is 135 g/mol. The summed E-state index contributed by atoms with van der Waals surface area (Å²) in [6.07, 6.45) is 0. The van der Waals surface area contributed by atoms with Gasteiger partial charge < -0.3 is 5.11 Å². The first-order chi connectivity index (χ1) is 5.95. The molecule has 3 heteroatoms. The lowest BCUT2D eigenvalue weighted by Crippen LogP contribution is -1.98. The number of carboxylic acid groups (broad SMARTS) is 1. The molecule has 0 saturated carbocycles. The molecule has 0 amide bonds. The Balaban J connectivity index is 3.50. The molecule has 0 aliphatic carbocycles. The summed E-state index contributed by atoms with van der Waals surface area (Å²) in [7, 11) is 0. The van der Waals surface area contributed by atoms with Gasteiger partial charge in [0.15, 0.2) is 0 Å². The predicted molar refractivity (Wildman–Crippen MR) is 33.4 cm³/mol. The SMILES string of the molecule is [2H]c1cc(C(=O)O)c(F)c([2H])c1[2H]. The van der Waals surface area contributed by atoms with Crippen LogP contribution in [0.3, 0.4) is 0 Å². The lowest BCUT2D eigenvalue weighted by Gasteiger charge is -1.92. The minimum Gasteiger partial charge on any atom is -0.478 e. The van der Waals surface area contributed by atoms with Crippen molar-refractivity contribution in [2.75, 3.05) is 0 Å². The maximum Gasteiger partial charge on any atom is 0.338 e. The molecule has 0 heterocycles. The second-order valence-corrected chi connectivity index (χ2v) is 1.57. The third-order valence-electron chi connectivity index (χ3n) is 0.928. The molecule has 0 atom stereocenters. The van der Waals surface area contributed by atoms with E-state index in [4.69, 9.17) is 9.22 Å². The highest BCUT2D eigenvalue weighted by Gasteiger charge is 2.06. The van der Waals surface area contributed by atoms with Crippen LogP contribution in [-0.4, -0.2) is 11.1 Å². The molecule has 2 nitrogen and oxygen atoms in total. The molecule has 1 rings (SSSR count). The van der Waals surface area contributed by atoms with Crippen molar-refractivity contribution in [3.8, 4) is 0 Å². The van der Waals surface area contributed by atoms with E-state index in [2.05, 4.69) is 0 Å². The fourth-order valence-corrected chi connectivity index (χ4v) is 0.486. The smallest absolute Gasteiger partial charge is 0.338 e. The predicted octanol–water partition coefficient (Wildman–Crippen LogP) is 1.52. The van der Waals surface area contributed by atoms with Crippen molar-refractivity contribution in [3.05, 3.63) is 35.6 Å². The molecule has 52 valence electrons. The molecule has 10 heavy (non-hydrogen) atoms. The zero-order valence-electron chi connectivity index (χ0n) is 7.81. The molecule has 0 saturated heterocycles. The van der Waals surface area contributed by atoms with Crippen molar-refractivity contribution in [3.63, 3.8) is 0 Å². The van der Waals surface area contributed by atoms with Crippen LogP contribution >= 0.6 is 0 Å². The van der Waals surface area contributed by atoms with Crippen molar-refractivity contribution >= 4 is 5.97 Å². The molecule has 0 radical (unpaired) electrons. The van der Waals surface area contributed by atoms with Gasteiger partial charge in [0.25, 0.3) is 0 Å². The lowest BCUT2D eigenvalue weighted by atomic mass is 10.2. The van der Waals surface area contributed by atoms with Gasteiger partial charge in [-0.05, 0) is 12.1 Å². The van der Waals surface area contributed by atoms with E-state index in [1.165, 1.54) is 0 Å². The topological polar surface area (TPSA) is 37.3 Å². The molecule has 1 aromatic carbocycles. The fraction of sp³-hybridized carbons (Fsp3) is 0. The maximum absolute atomic E-state index is 12.9. The molecule has 0 aliphatic heterocycles. The van der Waals surface area contributed by atoms with Gasteiger partial charge in [-0.2, -0.15) is 0 Å². The number of hydrogen-bond acceptors (Lipinski definition) is 1. The Morgan fingerprint density at radius 3 is 3.00 bits per heavy atom. The number of benzene rings is 1. The van der Waals surface area contributed by atoms with Crippen molar-refractivity contribution in [1.82, 2.24) is 0 Å². The first kappa shape index (κ1) is 3.71. The maximum atomic E-state index is 12.9. The Kier molecular flexibility index (Phi) is 0.917. The molecule has 0 aliphatic rings. The van der Waals surface area contributed by atoms with Crippen LogP contribution in [0.2, 0.25) is 0 Å². The minimum absolute atomic E-state index is 0.469. The zero-order chi connectivity index (χ0) is 10.2. The molecule has 0 aromatic heterocycles. The average Bonchev–Trinajstić information content (AvgIpc) is 2.07. The Hall–Kier alpha value is -1.38. The molecule has 1 N–H and O–H groups in total. The molecular formula is C7H5FO2. The lowest BCUT2D eigenvalue weighted by molar-refractivity contribution is 0.0692. The van der Waals surface area contributed by atoms with Gasteiger partial charge in [0.05, 0.1) is 9.68 Å². The minimum atomic E-state index is -1.54. The number of carboxylic acids is 1. The van der Waals surface area contributed by atoms with Crippen LogP contribution < -0.4 is 0 Å². The van der Waals surface area contributed by atoms with Crippen molar-refractivity contribution in [1.29, 1.82) is 0 Å². The fourth-order valence-electron chi connectivity index (χ4n) is 0.486. The van der Waals surface area contributed by atoms with Crippen molar-refractivity contribution in [2.24, 2.45) is 0 Å². The summed E-state index contributed by atoms with van der Waals surface area (Å²) < 4.78 is 34.0. The number of rotatable bonds is 1. The third kappa shape index (κ3) is 1.13. The number of halogens is 1. The van der Waals surface area contributed by atoms with E-state index < -0.39 is 35.5 Å². The van der Waals surface area contributed by atoms with E-state index in [0.717, 1.165) is 6.07 Å². The average molecular weight is 143 g/mol. The number of carbonyl (C=O) groups is 1. The van der Waals surface area contributed by atoms with Crippen LogP contribution in [0.5, 0.6) is 0 Å². The first-order valence-electron chi connectivity index (χ1n) is 3.94. The monoisotopic (exact) mass is 143 g/mol. The van der Waals surface area contributed by atoms with Crippen LogP contribution in [0.15, 0.2) is 24.2 Å². The highest BCUT2D eigenvalue weighted by atomic mass is 19.1. The highest BCUT2D eigenvalue weighted by Crippen LogP contribution is 2.04. The molecule has 0 spiro atoms. The van der Waals surface area contributed by atoms with E-state index >= 15 is 0 Å². The van der Waals surface area contributed by atoms with Gasteiger partial charge in [0.2, 0.25) is 0 Å². The second-order valence-electron chi connectivity index (χ2n) is 1.57. The Bertz CT molecular complexity index is 378. The Morgan fingerprint density at radius 2 is 2.40 bits per heavy atom. The van der Waals surface area contributed by atoms with Crippen LogP contribution in [-0.2, 0) is 0 Å². The van der Waals surface area contributed by atoms with Crippen molar-refractivity contribution < 1.29 is 18.4 Å². The van der Waals surface area contributed by atoms with E-state index in [9.17, 15) is 9.18 Å². The van der Waals surface area contributed by atoms with E-state index in [1.54, 1.807) is 0 Å². The summed E-state index contributed by atoms with van der Waals surface area (Å²) in [5, 5.41) is 8.44. The van der Waals surface area contributed by atoms with Crippen molar-refractivity contribution in [2.45, 2.75) is 0 Å². The zero-order valence-corrected chi connectivity index (χ0v) is 4.81. The van der Waals surface area contributed by atoms with Gasteiger partial charge in [0, 0.05) is 0 Å². The molecule has 1 aromatic rings. The second kappa shape index (κ2) is 2.47. The van der Waals surface area contributed by atoms with Crippen LogP contribution in [0.4, 0.5) is 4.39 Å². The number of aromatic carboxylic acids is 1.